The van der Waals surface area contributed by atoms with Crippen LogP contribution in [0.25, 0.3) is 0 Å². The van der Waals surface area contributed by atoms with Crippen LogP contribution < -0.4 is 5.32 Å². The number of carbonyl (C=O) groups is 2. The molecule has 2 heterocycles. The lowest BCUT2D eigenvalue weighted by Gasteiger charge is -2.35. The van der Waals surface area contributed by atoms with Crippen LogP contribution >= 0.6 is 0 Å². The van der Waals surface area contributed by atoms with Crippen LogP contribution in [-0.4, -0.2) is 45.3 Å². The van der Waals surface area contributed by atoms with Gasteiger partial charge in [0.1, 0.15) is 11.6 Å². The predicted octanol–water partition coefficient (Wildman–Crippen LogP) is 1.82. The molecule has 122 valence electrons. The highest BCUT2D eigenvalue weighted by molar-refractivity contribution is 5.85. The van der Waals surface area contributed by atoms with Gasteiger partial charge in [0.25, 0.3) is 0 Å². The maximum atomic E-state index is 12.4. The van der Waals surface area contributed by atoms with E-state index in [1.807, 2.05) is 20.8 Å². The molecule has 1 aliphatic heterocycles. The van der Waals surface area contributed by atoms with Crippen molar-refractivity contribution in [3.05, 3.63) is 18.0 Å². The molecule has 22 heavy (non-hydrogen) atoms. The van der Waals surface area contributed by atoms with Crippen molar-refractivity contribution in [3.63, 3.8) is 0 Å². The van der Waals surface area contributed by atoms with Crippen LogP contribution in [0.2, 0.25) is 0 Å². The maximum Gasteiger partial charge on any atom is 0.410 e. The van der Waals surface area contributed by atoms with Crippen LogP contribution in [0.5, 0.6) is 0 Å². The fourth-order valence-corrected chi connectivity index (χ4v) is 2.43. The first-order chi connectivity index (χ1) is 10.4. The molecular formula is C15H24N4O3. The zero-order valence-corrected chi connectivity index (χ0v) is 13.4. The summed E-state index contributed by atoms with van der Waals surface area (Å²) in [5, 5.41) is 9.47. The maximum absolute atomic E-state index is 12.4. The lowest BCUT2D eigenvalue weighted by atomic mass is 10.0. The van der Waals surface area contributed by atoms with Crippen molar-refractivity contribution in [2.45, 2.75) is 58.2 Å². The molecule has 1 fully saturated rings. The molecule has 1 aromatic rings. The quantitative estimate of drug-likeness (QED) is 0.891. The number of hydrogen-bond donors (Lipinski definition) is 2. The highest BCUT2D eigenvalue weighted by Crippen LogP contribution is 2.20. The van der Waals surface area contributed by atoms with Crippen LogP contribution in [0.3, 0.4) is 0 Å². The van der Waals surface area contributed by atoms with Crippen molar-refractivity contribution >= 4 is 12.0 Å². The topological polar surface area (TPSA) is 87.3 Å². The molecule has 1 aliphatic rings. The van der Waals surface area contributed by atoms with E-state index in [9.17, 15) is 9.59 Å². The number of hydrogen-bond acceptors (Lipinski definition) is 4. The molecular weight excluding hydrogens is 284 g/mol. The van der Waals surface area contributed by atoms with E-state index >= 15 is 0 Å². The Labute approximate surface area is 130 Å². The third-order valence-electron chi connectivity index (χ3n) is 3.44. The molecule has 1 saturated heterocycles. The molecule has 0 spiro atoms. The number of H-pyrrole nitrogens is 1. The lowest BCUT2D eigenvalue weighted by Crippen LogP contribution is -2.53. The minimum atomic E-state index is -0.564. The van der Waals surface area contributed by atoms with Crippen LogP contribution in [0.1, 0.15) is 45.7 Å². The SMILES string of the molecule is CC(C)(C)OC(=O)N1CCCC[C@H]1C(=O)NCc1ccn[nH]1. The number of rotatable bonds is 3. The van der Waals surface area contributed by atoms with E-state index in [2.05, 4.69) is 15.5 Å². The molecule has 2 N–H and O–H groups in total. The molecule has 0 aromatic carbocycles. The normalized spacial score (nSPS) is 18.9. The van der Waals surface area contributed by atoms with E-state index in [0.717, 1.165) is 18.5 Å². The van der Waals surface area contributed by atoms with Crippen LogP contribution in [0.4, 0.5) is 4.79 Å². The molecule has 0 radical (unpaired) electrons. The average molecular weight is 308 g/mol. The Hall–Kier alpha value is -2.05. The number of aromatic nitrogens is 2. The van der Waals surface area contributed by atoms with E-state index in [4.69, 9.17) is 4.74 Å². The van der Waals surface area contributed by atoms with Gasteiger partial charge < -0.3 is 10.1 Å². The van der Waals surface area contributed by atoms with Gasteiger partial charge in [-0.05, 0) is 46.1 Å². The summed E-state index contributed by atoms with van der Waals surface area (Å²) in [5.74, 6) is -0.153. The molecule has 2 rings (SSSR count). The second-order valence-corrected chi connectivity index (χ2v) is 6.48. The van der Waals surface area contributed by atoms with Gasteiger partial charge in [0, 0.05) is 12.7 Å². The van der Waals surface area contributed by atoms with Crippen molar-refractivity contribution in [3.8, 4) is 0 Å². The highest BCUT2D eigenvalue weighted by atomic mass is 16.6. The minimum absolute atomic E-state index is 0.153. The number of carbonyl (C=O) groups excluding carboxylic acids is 2. The zero-order chi connectivity index (χ0) is 16.2. The van der Waals surface area contributed by atoms with Crippen molar-refractivity contribution in [2.24, 2.45) is 0 Å². The number of aromatic amines is 1. The monoisotopic (exact) mass is 308 g/mol. The molecule has 2 amide bonds. The van der Waals surface area contributed by atoms with Gasteiger partial charge in [-0.3, -0.25) is 14.8 Å². The molecule has 0 saturated carbocycles. The van der Waals surface area contributed by atoms with Gasteiger partial charge in [-0.1, -0.05) is 0 Å². The van der Waals surface area contributed by atoms with Crippen LogP contribution in [-0.2, 0) is 16.1 Å². The Morgan fingerprint density at radius 2 is 2.23 bits per heavy atom. The fraction of sp³-hybridized carbons (Fsp3) is 0.667. The second kappa shape index (κ2) is 6.81. The summed E-state index contributed by atoms with van der Waals surface area (Å²) >= 11 is 0. The minimum Gasteiger partial charge on any atom is -0.444 e. The number of amides is 2. The Morgan fingerprint density at radius 3 is 2.86 bits per heavy atom. The number of ether oxygens (including phenoxy) is 1. The number of nitrogens with one attached hydrogen (secondary N) is 2. The van der Waals surface area contributed by atoms with E-state index in [0.29, 0.717) is 19.5 Å². The van der Waals surface area contributed by atoms with Gasteiger partial charge in [-0.15, -0.1) is 0 Å². The number of nitrogens with zero attached hydrogens (tertiary/aromatic N) is 2. The predicted molar refractivity (Wildman–Crippen MR) is 81.0 cm³/mol. The third-order valence-corrected chi connectivity index (χ3v) is 3.44. The summed E-state index contributed by atoms with van der Waals surface area (Å²) < 4.78 is 5.40. The highest BCUT2D eigenvalue weighted by Gasteiger charge is 2.34. The standard InChI is InChI=1S/C15H24N4O3/c1-15(2,3)22-14(21)19-9-5-4-6-12(19)13(20)16-10-11-7-8-17-18-11/h7-8,12H,4-6,9-10H2,1-3H3,(H,16,20)(H,17,18)/t12-/m0/s1. The summed E-state index contributed by atoms with van der Waals surface area (Å²) in [6, 6.07) is 1.33. The van der Waals surface area contributed by atoms with Crippen molar-refractivity contribution < 1.29 is 14.3 Å². The van der Waals surface area contributed by atoms with Crippen molar-refractivity contribution in [1.29, 1.82) is 0 Å². The number of likely N-dealkylation sites (tertiary alicyclic amines) is 1. The summed E-state index contributed by atoms with van der Waals surface area (Å²) in [7, 11) is 0. The first-order valence-electron chi connectivity index (χ1n) is 7.62. The van der Waals surface area contributed by atoms with Crippen LogP contribution in [0.15, 0.2) is 12.3 Å². The lowest BCUT2D eigenvalue weighted by molar-refractivity contribution is -0.127. The zero-order valence-electron chi connectivity index (χ0n) is 13.4. The van der Waals surface area contributed by atoms with Gasteiger partial charge in [0.2, 0.25) is 5.91 Å². The van der Waals surface area contributed by atoms with E-state index in [1.165, 1.54) is 4.90 Å². The molecule has 1 aromatic heterocycles. The Morgan fingerprint density at radius 1 is 1.45 bits per heavy atom. The van der Waals surface area contributed by atoms with Gasteiger partial charge in [-0.2, -0.15) is 5.10 Å². The smallest absolute Gasteiger partial charge is 0.410 e. The summed E-state index contributed by atoms with van der Waals surface area (Å²) in [5.41, 5.74) is 0.263. The van der Waals surface area contributed by atoms with Gasteiger partial charge in [0.05, 0.1) is 12.2 Å². The van der Waals surface area contributed by atoms with Crippen molar-refractivity contribution in [2.75, 3.05) is 6.54 Å². The molecule has 0 bridgehead atoms. The molecule has 0 aliphatic carbocycles. The van der Waals surface area contributed by atoms with Gasteiger partial charge in [-0.25, -0.2) is 4.79 Å². The molecule has 1 atom stereocenters. The fourth-order valence-electron chi connectivity index (χ4n) is 2.43. The van der Waals surface area contributed by atoms with E-state index in [1.54, 1.807) is 12.3 Å². The number of piperidine rings is 1. The Kier molecular flexibility index (Phi) is 5.05. The van der Waals surface area contributed by atoms with E-state index < -0.39 is 17.7 Å². The summed E-state index contributed by atoms with van der Waals surface area (Å²) in [4.78, 5) is 26.2. The van der Waals surface area contributed by atoms with Crippen molar-refractivity contribution in [1.82, 2.24) is 20.4 Å². The average Bonchev–Trinajstić information content (AvgIpc) is 2.96. The van der Waals surface area contributed by atoms with Gasteiger partial charge >= 0.3 is 6.09 Å². The first kappa shape index (κ1) is 16.3. The van der Waals surface area contributed by atoms with E-state index in [-0.39, 0.29) is 5.91 Å². The second-order valence-electron chi connectivity index (χ2n) is 6.48. The van der Waals surface area contributed by atoms with Crippen LogP contribution in [0, 0.1) is 0 Å². The first-order valence-corrected chi connectivity index (χ1v) is 7.62. The molecule has 7 heteroatoms. The van der Waals surface area contributed by atoms with Gasteiger partial charge in [0.15, 0.2) is 0 Å². The largest absolute Gasteiger partial charge is 0.444 e. The molecule has 7 nitrogen and oxygen atoms in total. The Balaban J connectivity index is 1.96. The summed E-state index contributed by atoms with van der Waals surface area (Å²) in [6.45, 7) is 6.39. The third kappa shape index (κ3) is 4.47. The summed E-state index contributed by atoms with van der Waals surface area (Å²) in [6.07, 6.45) is 3.70. The Bertz CT molecular complexity index is 507. The molecule has 0 unspecified atom stereocenters.